The van der Waals surface area contributed by atoms with Crippen molar-refractivity contribution < 1.29 is 4.39 Å². The lowest BCUT2D eigenvalue weighted by atomic mass is 10.1. The van der Waals surface area contributed by atoms with Crippen molar-refractivity contribution in [2.45, 2.75) is 20.3 Å². The highest BCUT2D eigenvalue weighted by atomic mass is 19.1. The van der Waals surface area contributed by atoms with E-state index in [1.54, 1.807) is 12.1 Å². The van der Waals surface area contributed by atoms with E-state index in [0.29, 0.717) is 0 Å². The average Bonchev–Trinajstić information content (AvgIpc) is 2.27. The maximum atomic E-state index is 13.0. The zero-order valence-corrected chi connectivity index (χ0v) is 10.6. The van der Waals surface area contributed by atoms with Crippen LogP contribution in [0.2, 0.25) is 0 Å². The van der Waals surface area contributed by atoms with Crippen LogP contribution < -0.4 is 5.32 Å². The Balaban J connectivity index is 1.92. The van der Waals surface area contributed by atoms with Crippen LogP contribution in [0.1, 0.15) is 17.1 Å². The molecule has 1 aromatic heterocycles. The second-order valence-electron chi connectivity index (χ2n) is 4.25. The number of anilines is 1. The van der Waals surface area contributed by atoms with Gasteiger partial charge in [-0.2, -0.15) is 0 Å². The Hall–Kier alpha value is -1.97. The van der Waals surface area contributed by atoms with Crippen LogP contribution >= 0.6 is 0 Å². The van der Waals surface area contributed by atoms with Gasteiger partial charge in [0.2, 0.25) is 0 Å². The van der Waals surface area contributed by atoms with Crippen molar-refractivity contribution >= 4 is 5.82 Å². The van der Waals surface area contributed by atoms with Gasteiger partial charge in [-0.1, -0.05) is 12.1 Å². The quantitative estimate of drug-likeness (QED) is 0.900. The summed E-state index contributed by atoms with van der Waals surface area (Å²) in [7, 11) is 0. The predicted octanol–water partition coefficient (Wildman–Crippen LogP) is 2.89. The molecule has 0 fully saturated rings. The van der Waals surface area contributed by atoms with Gasteiger partial charge in [0.1, 0.15) is 17.5 Å². The van der Waals surface area contributed by atoms with Crippen LogP contribution in [0, 0.1) is 19.7 Å². The Bertz CT molecular complexity index is 520. The van der Waals surface area contributed by atoms with Crippen LogP contribution in [0.4, 0.5) is 10.2 Å². The first-order valence-corrected chi connectivity index (χ1v) is 5.94. The second-order valence-corrected chi connectivity index (χ2v) is 4.25. The van der Waals surface area contributed by atoms with E-state index >= 15 is 0 Å². The Morgan fingerprint density at radius 2 is 2.00 bits per heavy atom. The Morgan fingerprint density at radius 3 is 2.72 bits per heavy atom. The summed E-state index contributed by atoms with van der Waals surface area (Å²) < 4.78 is 13.0. The number of aryl methyl sites for hydroxylation is 2. The summed E-state index contributed by atoms with van der Waals surface area (Å²) in [5.41, 5.74) is 1.92. The van der Waals surface area contributed by atoms with Crippen molar-refractivity contribution in [3.8, 4) is 0 Å². The first-order chi connectivity index (χ1) is 8.63. The molecule has 1 N–H and O–H groups in total. The molecule has 0 saturated carbocycles. The van der Waals surface area contributed by atoms with Crippen LogP contribution in [-0.2, 0) is 6.42 Å². The molecule has 1 aromatic carbocycles. The molecule has 18 heavy (non-hydrogen) atoms. The van der Waals surface area contributed by atoms with Crippen LogP contribution in [0.3, 0.4) is 0 Å². The van der Waals surface area contributed by atoms with Gasteiger partial charge in [0, 0.05) is 18.3 Å². The minimum Gasteiger partial charge on any atom is -0.370 e. The molecule has 0 aliphatic carbocycles. The highest BCUT2D eigenvalue weighted by molar-refractivity contribution is 5.35. The monoisotopic (exact) mass is 245 g/mol. The lowest BCUT2D eigenvalue weighted by molar-refractivity contribution is 0.625. The summed E-state index contributed by atoms with van der Waals surface area (Å²) in [6.45, 7) is 4.52. The van der Waals surface area contributed by atoms with Gasteiger partial charge >= 0.3 is 0 Å². The molecular weight excluding hydrogens is 229 g/mol. The van der Waals surface area contributed by atoms with Gasteiger partial charge in [-0.15, -0.1) is 0 Å². The fourth-order valence-electron chi connectivity index (χ4n) is 1.83. The zero-order valence-electron chi connectivity index (χ0n) is 10.6. The first kappa shape index (κ1) is 12.5. The number of nitrogens with one attached hydrogen (secondary N) is 1. The largest absolute Gasteiger partial charge is 0.370 e. The van der Waals surface area contributed by atoms with E-state index in [4.69, 9.17) is 0 Å². The van der Waals surface area contributed by atoms with Crippen molar-refractivity contribution in [2.75, 3.05) is 11.9 Å². The van der Waals surface area contributed by atoms with Gasteiger partial charge in [-0.3, -0.25) is 0 Å². The number of aromatic nitrogens is 2. The average molecular weight is 245 g/mol. The fourth-order valence-corrected chi connectivity index (χ4v) is 1.83. The minimum atomic E-state index is -0.193. The molecule has 0 spiro atoms. The standard InChI is InChI=1S/C14H16FN3/c1-10-8-14(18-11(2)17-10)16-7-6-12-4-3-5-13(15)9-12/h3-5,8-9H,6-7H2,1-2H3,(H,16,17,18). The summed E-state index contributed by atoms with van der Waals surface area (Å²) in [5, 5.41) is 3.22. The summed E-state index contributed by atoms with van der Waals surface area (Å²) in [6.07, 6.45) is 0.764. The molecule has 0 amide bonds. The van der Waals surface area contributed by atoms with E-state index in [9.17, 15) is 4.39 Å². The van der Waals surface area contributed by atoms with Crippen LogP contribution in [0.15, 0.2) is 30.3 Å². The second kappa shape index (κ2) is 5.58. The topological polar surface area (TPSA) is 37.8 Å². The molecule has 4 heteroatoms. The van der Waals surface area contributed by atoms with E-state index in [0.717, 1.165) is 35.9 Å². The number of nitrogens with zero attached hydrogens (tertiary/aromatic N) is 2. The molecule has 0 aliphatic heterocycles. The van der Waals surface area contributed by atoms with Crippen molar-refractivity contribution in [3.05, 3.63) is 53.2 Å². The van der Waals surface area contributed by atoms with E-state index < -0.39 is 0 Å². The van der Waals surface area contributed by atoms with Gasteiger partial charge < -0.3 is 5.32 Å². The molecule has 0 saturated heterocycles. The van der Waals surface area contributed by atoms with Crippen LogP contribution in [0.5, 0.6) is 0 Å². The molecule has 2 rings (SSSR count). The lowest BCUT2D eigenvalue weighted by Gasteiger charge is -2.07. The maximum Gasteiger partial charge on any atom is 0.129 e. The van der Waals surface area contributed by atoms with Crippen LogP contribution in [0.25, 0.3) is 0 Å². The third-order valence-corrected chi connectivity index (χ3v) is 2.57. The van der Waals surface area contributed by atoms with E-state index in [1.807, 2.05) is 26.0 Å². The highest BCUT2D eigenvalue weighted by Gasteiger charge is 1.99. The molecule has 0 atom stereocenters. The van der Waals surface area contributed by atoms with Gasteiger partial charge in [0.25, 0.3) is 0 Å². The number of benzene rings is 1. The minimum absolute atomic E-state index is 0.193. The van der Waals surface area contributed by atoms with Crippen molar-refractivity contribution in [3.63, 3.8) is 0 Å². The summed E-state index contributed by atoms with van der Waals surface area (Å²) in [6, 6.07) is 8.55. The van der Waals surface area contributed by atoms with Gasteiger partial charge in [0.05, 0.1) is 0 Å². The molecule has 3 nitrogen and oxygen atoms in total. The highest BCUT2D eigenvalue weighted by Crippen LogP contribution is 2.07. The summed E-state index contributed by atoms with van der Waals surface area (Å²) in [4.78, 5) is 8.50. The number of hydrogen-bond donors (Lipinski definition) is 1. The van der Waals surface area contributed by atoms with Crippen LogP contribution in [-0.4, -0.2) is 16.5 Å². The number of halogens is 1. The third-order valence-electron chi connectivity index (χ3n) is 2.57. The van der Waals surface area contributed by atoms with Gasteiger partial charge in [0.15, 0.2) is 0 Å². The molecule has 0 radical (unpaired) electrons. The predicted molar refractivity (Wildman–Crippen MR) is 70.1 cm³/mol. The first-order valence-electron chi connectivity index (χ1n) is 5.94. The smallest absolute Gasteiger partial charge is 0.129 e. The molecule has 2 aromatic rings. The molecular formula is C14H16FN3. The van der Waals surface area contributed by atoms with Gasteiger partial charge in [-0.25, -0.2) is 14.4 Å². The van der Waals surface area contributed by atoms with E-state index in [-0.39, 0.29) is 5.82 Å². The normalized spacial score (nSPS) is 10.4. The Labute approximate surface area is 106 Å². The molecule has 0 aliphatic rings. The van der Waals surface area contributed by atoms with Gasteiger partial charge in [-0.05, 0) is 38.0 Å². The SMILES string of the molecule is Cc1cc(NCCc2cccc(F)c2)nc(C)n1. The van der Waals surface area contributed by atoms with Crippen molar-refractivity contribution in [1.29, 1.82) is 0 Å². The van der Waals surface area contributed by atoms with E-state index in [1.165, 1.54) is 6.07 Å². The summed E-state index contributed by atoms with van der Waals surface area (Å²) >= 11 is 0. The third kappa shape index (κ3) is 3.52. The molecule has 0 unspecified atom stereocenters. The van der Waals surface area contributed by atoms with Crippen molar-refractivity contribution in [2.24, 2.45) is 0 Å². The Morgan fingerprint density at radius 1 is 1.17 bits per heavy atom. The zero-order chi connectivity index (χ0) is 13.0. The molecule has 94 valence electrons. The van der Waals surface area contributed by atoms with E-state index in [2.05, 4.69) is 15.3 Å². The van der Waals surface area contributed by atoms with Crippen molar-refractivity contribution in [1.82, 2.24) is 9.97 Å². The lowest BCUT2D eigenvalue weighted by Crippen LogP contribution is -2.08. The molecule has 1 heterocycles. The fraction of sp³-hybridized carbons (Fsp3) is 0.286. The Kier molecular flexibility index (Phi) is 3.87. The molecule has 0 bridgehead atoms. The maximum absolute atomic E-state index is 13.0. The number of rotatable bonds is 4. The number of hydrogen-bond acceptors (Lipinski definition) is 3. The summed E-state index contributed by atoms with van der Waals surface area (Å²) in [5.74, 6) is 1.38.